The lowest BCUT2D eigenvalue weighted by atomic mass is 9.90. The second-order valence-corrected chi connectivity index (χ2v) is 8.97. The first-order chi connectivity index (χ1) is 13.0. The predicted molar refractivity (Wildman–Crippen MR) is 122 cm³/mol. The highest BCUT2D eigenvalue weighted by Gasteiger charge is 2.23. The molecule has 6 heteroatoms. The molecule has 1 amide bonds. The molecule has 0 radical (unpaired) electrons. The van der Waals surface area contributed by atoms with Crippen LogP contribution in [0, 0.1) is 5.92 Å². The number of carbonyl (C=O) groups is 1. The molecule has 0 aromatic heterocycles. The molecule has 3 nitrogen and oxygen atoms in total. The summed E-state index contributed by atoms with van der Waals surface area (Å²) in [6.07, 6.45) is 3.26. The molecule has 0 bridgehead atoms. The van der Waals surface area contributed by atoms with Crippen molar-refractivity contribution in [1.29, 1.82) is 0 Å². The van der Waals surface area contributed by atoms with Crippen LogP contribution in [0.15, 0.2) is 53.4 Å². The third kappa shape index (κ3) is 7.00. The van der Waals surface area contributed by atoms with Gasteiger partial charge < -0.3 is 9.80 Å². The minimum Gasteiger partial charge on any atom is -0.333 e. The van der Waals surface area contributed by atoms with Gasteiger partial charge in [0.1, 0.15) is 0 Å². The van der Waals surface area contributed by atoms with Crippen LogP contribution in [0.5, 0.6) is 0 Å². The van der Waals surface area contributed by atoms with Crippen molar-refractivity contribution in [2.75, 3.05) is 27.2 Å². The summed E-state index contributed by atoms with van der Waals surface area (Å²) in [7, 11) is 4.18. The zero-order valence-corrected chi connectivity index (χ0v) is 18.8. The van der Waals surface area contributed by atoms with Crippen molar-refractivity contribution in [2.24, 2.45) is 5.92 Å². The molecule has 28 heavy (non-hydrogen) atoms. The van der Waals surface area contributed by atoms with Gasteiger partial charge in [-0.15, -0.1) is 12.4 Å². The van der Waals surface area contributed by atoms with E-state index >= 15 is 0 Å². The SMILES string of the molecule is CN(C)Cc1ccc(CC2CCN(C(=O)Sc3ccc(Cl)cc3)CC2)cc1.Cl. The number of nitrogens with zero attached hydrogens (tertiary/aromatic N) is 2. The molecule has 0 N–H and O–H groups in total. The molecule has 1 saturated heterocycles. The average molecular weight is 439 g/mol. The molecule has 0 saturated carbocycles. The Morgan fingerprint density at radius 2 is 1.61 bits per heavy atom. The second-order valence-electron chi connectivity index (χ2n) is 7.51. The number of hydrogen-bond donors (Lipinski definition) is 0. The first-order valence-electron chi connectivity index (χ1n) is 9.44. The zero-order valence-electron chi connectivity index (χ0n) is 16.4. The van der Waals surface area contributed by atoms with E-state index in [9.17, 15) is 4.79 Å². The van der Waals surface area contributed by atoms with Crippen LogP contribution < -0.4 is 0 Å². The molecule has 1 aliphatic heterocycles. The van der Waals surface area contributed by atoms with Crippen molar-refractivity contribution in [1.82, 2.24) is 9.80 Å². The van der Waals surface area contributed by atoms with E-state index in [-0.39, 0.29) is 17.6 Å². The number of halogens is 2. The second kappa shape index (κ2) is 11.1. The molecular formula is C22H28Cl2N2OS. The summed E-state index contributed by atoms with van der Waals surface area (Å²) < 4.78 is 0. The molecule has 0 unspecified atom stereocenters. The van der Waals surface area contributed by atoms with Crippen LogP contribution in [0.3, 0.4) is 0 Å². The Bertz CT molecular complexity index is 742. The molecule has 152 valence electrons. The van der Waals surface area contributed by atoms with Gasteiger partial charge in [-0.3, -0.25) is 4.79 Å². The van der Waals surface area contributed by atoms with Gasteiger partial charge in [0.05, 0.1) is 0 Å². The van der Waals surface area contributed by atoms with Gasteiger partial charge in [-0.05, 0) is 86.4 Å². The molecule has 0 atom stereocenters. The highest BCUT2D eigenvalue weighted by atomic mass is 35.5. The topological polar surface area (TPSA) is 23.6 Å². The summed E-state index contributed by atoms with van der Waals surface area (Å²) in [6, 6.07) is 16.4. The summed E-state index contributed by atoms with van der Waals surface area (Å²) in [5.41, 5.74) is 2.75. The fraction of sp³-hybridized carbons (Fsp3) is 0.409. The molecule has 2 aromatic carbocycles. The summed E-state index contributed by atoms with van der Waals surface area (Å²) in [6.45, 7) is 2.68. The summed E-state index contributed by atoms with van der Waals surface area (Å²) in [4.78, 5) is 17.6. The van der Waals surface area contributed by atoms with Gasteiger partial charge in [0.15, 0.2) is 0 Å². The van der Waals surface area contributed by atoms with Crippen LogP contribution in [0.4, 0.5) is 4.79 Å². The molecular weight excluding hydrogens is 411 g/mol. The van der Waals surface area contributed by atoms with Crippen molar-refractivity contribution in [2.45, 2.75) is 30.7 Å². The first kappa shape index (κ1) is 23.1. The van der Waals surface area contributed by atoms with Crippen molar-refractivity contribution < 1.29 is 4.79 Å². The highest BCUT2D eigenvalue weighted by molar-refractivity contribution is 8.13. The molecule has 1 fully saturated rings. The third-order valence-corrected chi connectivity index (χ3v) is 6.13. The monoisotopic (exact) mass is 438 g/mol. The molecule has 1 heterocycles. The number of piperidine rings is 1. The minimum absolute atomic E-state index is 0. The Morgan fingerprint density at radius 3 is 2.18 bits per heavy atom. The number of rotatable bonds is 5. The number of carbonyl (C=O) groups excluding carboxylic acids is 1. The smallest absolute Gasteiger partial charge is 0.286 e. The quantitative estimate of drug-likeness (QED) is 0.535. The Hall–Kier alpha value is -1.20. The number of benzene rings is 2. The maximum atomic E-state index is 12.5. The largest absolute Gasteiger partial charge is 0.333 e. The molecule has 2 aromatic rings. The van der Waals surface area contributed by atoms with Gasteiger partial charge in [-0.1, -0.05) is 35.9 Å². The third-order valence-electron chi connectivity index (χ3n) is 4.94. The van der Waals surface area contributed by atoms with E-state index in [2.05, 4.69) is 43.3 Å². The van der Waals surface area contributed by atoms with E-state index in [0.29, 0.717) is 10.9 Å². The molecule has 0 aliphatic carbocycles. The van der Waals surface area contributed by atoms with Crippen molar-refractivity contribution >= 4 is 41.0 Å². The van der Waals surface area contributed by atoms with Gasteiger partial charge >= 0.3 is 0 Å². The summed E-state index contributed by atoms with van der Waals surface area (Å²) in [5.74, 6) is 0.661. The average Bonchev–Trinajstić information content (AvgIpc) is 2.65. The Balaban J connectivity index is 0.00000280. The van der Waals surface area contributed by atoms with Crippen LogP contribution in [0.1, 0.15) is 24.0 Å². The van der Waals surface area contributed by atoms with Crippen LogP contribution in [0.2, 0.25) is 5.02 Å². The minimum atomic E-state index is 0. The fourth-order valence-electron chi connectivity index (χ4n) is 3.47. The maximum absolute atomic E-state index is 12.5. The van der Waals surface area contributed by atoms with Crippen LogP contribution in [-0.2, 0) is 13.0 Å². The van der Waals surface area contributed by atoms with Gasteiger partial charge in [0.25, 0.3) is 5.24 Å². The standard InChI is InChI=1S/C22H27ClN2OS.ClH/c1-24(2)16-19-5-3-17(4-6-19)15-18-11-13-25(14-12-18)22(26)27-21-9-7-20(23)8-10-21;/h3-10,18H,11-16H2,1-2H3;1H. The van der Waals surface area contributed by atoms with Crippen molar-refractivity contribution in [3.05, 3.63) is 64.7 Å². The Kier molecular flexibility index (Phi) is 9.16. The van der Waals surface area contributed by atoms with Gasteiger partial charge in [0.2, 0.25) is 0 Å². The first-order valence-corrected chi connectivity index (χ1v) is 10.6. The van der Waals surface area contributed by atoms with Gasteiger partial charge in [-0.25, -0.2) is 0 Å². The van der Waals surface area contributed by atoms with Gasteiger partial charge in [-0.2, -0.15) is 0 Å². The van der Waals surface area contributed by atoms with Gasteiger partial charge in [0, 0.05) is 29.6 Å². The lowest BCUT2D eigenvalue weighted by Gasteiger charge is -2.31. The van der Waals surface area contributed by atoms with Crippen LogP contribution >= 0.6 is 35.8 Å². The number of thioether (sulfide) groups is 1. The van der Waals surface area contributed by atoms with E-state index in [1.807, 2.05) is 29.2 Å². The normalized spacial score (nSPS) is 14.8. The van der Waals surface area contributed by atoms with E-state index in [1.165, 1.54) is 22.9 Å². The maximum Gasteiger partial charge on any atom is 0.286 e. The van der Waals surface area contributed by atoms with Crippen LogP contribution in [0.25, 0.3) is 0 Å². The van der Waals surface area contributed by atoms with Crippen molar-refractivity contribution in [3.63, 3.8) is 0 Å². The summed E-state index contributed by atoms with van der Waals surface area (Å²) >= 11 is 7.20. The van der Waals surface area contributed by atoms with Crippen LogP contribution in [-0.4, -0.2) is 42.2 Å². The number of amides is 1. The van der Waals surface area contributed by atoms with Crippen molar-refractivity contribution in [3.8, 4) is 0 Å². The fourth-order valence-corrected chi connectivity index (χ4v) is 4.38. The van der Waals surface area contributed by atoms with E-state index in [1.54, 1.807) is 0 Å². The highest BCUT2D eigenvalue weighted by Crippen LogP contribution is 2.27. The Labute approximate surface area is 183 Å². The predicted octanol–water partition coefficient (Wildman–Crippen LogP) is 5.99. The molecule has 0 spiro atoms. The Morgan fingerprint density at radius 1 is 1.04 bits per heavy atom. The van der Waals surface area contributed by atoms with E-state index in [4.69, 9.17) is 11.6 Å². The number of likely N-dealkylation sites (tertiary alicyclic amines) is 1. The molecule has 3 rings (SSSR count). The zero-order chi connectivity index (χ0) is 19.2. The van der Waals surface area contributed by atoms with E-state index in [0.717, 1.165) is 43.8 Å². The number of hydrogen-bond acceptors (Lipinski definition) is 3. The van der Waals surface area contributed by atoms with E-state index < -0.39 is 0 Å². The lowest BCUT2D eigenvalue weighted by Crippen LogP contribution is -2.36. The molecule has 1 aliphatic rings. The lowest BCUT2D eigenvalue weighted by molar-refractivity contribution is 0.192. The summed E-state index contributed by atoms with van der Waals surface area (Å²) in [5, 5.41) is 0.839.